The summed E-state index contributed by atoms with van der Waals surface area (Å²) in [6, 6.07) is 3.72. The van der Waals surface area contributed by atoms with E-state index in [1.165, 1.54) is 56.9 Å². The first-order chi connectivity index (χ1) is 18.9. The van der Waals surface area contributed by atoms with E-state index < -0.39 is 6.16 Å². The number of rotatable bonds is 7. The molecule has 0 amide bonds. The third kappa shape index (κ3) is 6.03. The van der Waals surface area contributed by atoms with Gasteiger partial charge < -0.3 is 9.47 Å². The number of fused-ring (bicyclic) bond motifs is 5. The minimum absolute atomic E-state index is 0.118. The summed E-state index contributed by atoms with van der Waals surface area (Å²) in [6.07, 6.45) is 15.7. The molecule has 0 aromatic heterocycles. The van der Waals surface area contributed by atoms with Crippen LogP contribution in [0.1, 0.15) is 105 Å². The van der Waals surface area contributed by atoms with Crippen molar-refractivity contribution in [2.75, 3.05) is 0 Å². The topological polar surface area (TPSA) is 35.5 Å². The average molecular weight is 743 g/mol. The van der Waals surface area contributed by atoms with Crippen molar-refractivity contribution < 1.29 is 14.3 Å². The standard InChI is InChI=1S/C34H47Br3O3/c1-20(2)7-6-8-21(3)26-11-12-27-25-10-9-22-17-24(13-15-33(22,4)28(25)14-16-34(26,27)5)39-32(38)40-31-29(36)18-23(35)19-30(31)37/h9,18-21,24-28H,6-8,10-17H2,1-5H3/t21?,24-,25?,26?,27?,28?,33-,34+/m0/s1. The van der Waals surface area contributed by atoms with Crippen molar-refractivity contribution in [2.45, 2.75) is 111 Å². The fourth-order valence-electron chi connectivity index (χ4n) is 9.62. The van der Waals surface area contributed by atoms with Crippen LogP contribution >= 0.6 is 47.8 Å². The predicted molar refractivity (Wildman–Crippen MR) is 173 cm³/mol. The van der Waals surface area contributed by atoms with Crippen LogP contribution in [-0.4, -0.2) is 12.3 Å². The maximum absolute atomic E-state index is 12.8. The molecule has 3 nitrogen and oxygen atoms in total. The van der Waals surface area contributed by atoms with Gasteiger partial charge in [0.2, 0.25) is 0 Å². The van der Waals surface area contributed by atoms with Crippen LogP contribution in [0, 0.1) is 46.3 Å². The molecule has 40 heavy (non-hydrogen) atoms. The van der Waals surface area contributed by atoms with Crippen LogP contribution < -0.4 is 4.74 Å². The van der Waals surface area contributed by atoms with Gasteiger partial charge in [0, 0.05) is 10.9 Å². The Labute approximate surface area is 267 Å². The van der Waals surface area contributed by atoms with Gasteiger partial charge in [-0.2, -0.15) is 0 Å². The maximum Gasteiger partial charge on any atom is 0.514 e. The highest BCUT2D eigenvalue weighted by Gasteiger charge is 2.59. The van der Waals surface area contributed by atoms with Gasteiger partial charge in [-0.3, -0.25) is 0 Å². The summed E-state index contributed by atoms with van der Waals surface area (Å²) in [6.45, 7) is 12.5. The van der Waals surface area contributed by atoms with Gasteiger partial charge in [-0.15, -0.1) is 0 Å². The van der Waals surface area contributed by atoms with Gasteiger partial charge in [-0.05, 0) is 135 Å². The molecule has 4 aliphatic rings. The smallest absolute Gasteiger partial charge is 0.430 e. The summed E-state index contributed by atoms with van der Waals surface area (Å²) in [5, 5.41) is 0. The van der Waals surface area contributed by atoms with Crippen LogP contribution in [0.15, 0.2) is 37.2 Å². The minimum Gasteiger partial charge on any atom is -0.430 e. The van der Waals surface area contributed by atoms with Crippen LogP contribution in [0.25, 0.3) is 0 Å². The lowest BCUT2D eigenvalue weighted by atomic mass is 9.47. The van der Waals surface area contributed by atoms with Gasteiger partial charge >= 0.3 is 6.16 Å². The van der Waals surface area contributed by atoms with E-state index in [2.05, 4.69) is 88.5 Å². The molecule has 222 valence electrons. The van der Waals surface area contributed by atoms with Gasteiger partial charge in [0.15, 0.2) is 5.75 Å². The molecule has 0 N–H and O–H groups in total. The third-order valence-corrected chi connectivity index (χ3v) is 13.3. The molecule has 6 heteroatoms. The summed E-state index contributed by atoms with van der Waals surface area (Å²) in [5.41, 5.74) is 2.29. The first kappa shape index (κ1) is 31.1. The fourth-order valence-corrected chi connectivity index (χ4v) is 12.0. The number of benzene rings is 1. The monoisotopic (exact) mass is 740 g/mol. The quantitative estimate of drug-likeness (QED) is 0.158. The minimum atomic E-state index is -0.625. The van der Waals surface area contributed by atoms with E-state index in [0.29, 0.717) is 20.1 Å². The number of carbonyl (C=O) groups excluding carboxylic acids is 1. The van der Waals surface area contributed by atoms with Gasteiger partial charge in [0.05, 0.1) is 8.95 Å². The van der Waals surface area contributed by atoms with Crippen LogP contribution in [-0.2, 0) is 4.74 Å². The van der Waals surface area contributed by atoms with Gasteiger partial charge in [-0.25, -0.2) is 4.79 Å². The Kier molecular flexibility index (Phi) is 9.60. The van der Waals surface area contributed by atoms with Crippen molar-refractivity contribution in [3.05, 3.63) is 37.2 Å². The molecule has 0 saturated heterocycles. The van der Waals surface area contributed by atoms with Crippen LogP contribution in [0.5, 0.6) is 5.75 Å². The van der Waals surface area contributed by atoms with Crippen molar-refractivity contribution in [2.24, 2.45) is 46.3 Å². The fraction of sp³-hybridized carbons (Fsp3) is 0.735. The van der Waals surface area contributed by atoms with E-state index in [-0.39, 0.29) is 11.5 Å². The molecule has 5 rings (SSSR count). The second-order valence-electron chi connectivity index (χ2n) is 14.3. The number of halogens is 3. The zero-order chi connectivity index (χ0) is 28.8. The summed E-state index contributed by atoms with van der Waals surface area (Å²) in [4.78, 5) is 12.8. The van der Waals surface area contributed by atoms with Crippen LogP contribution in [0.3, 0.4) is 0 Å². The molecule has 0 aliphatic heterocycles. The molecule has 1 aromatic rings. The zero-order valence-corrected chi connectivity index (χ0v) is 29.7. The Morgan fingerprint density at radius 1 is 0.975 bits per heavy atom. The Bertz CT molecular complexity index is 1110. The average Bonchev–Trinajstić information content (AvgIpc) is 3.23. The summed E-state index contributed by atoms with van der Waals surface area (Å²) < 4.78 is 13.8. The van der Waals surface area contributed by atoms with Crippen molar-refractivity contribution in [3.63, 3.8) is 0 Å². The molecule has 0 spiro atoms. The molecule has 8 atom stereocenters. The summed E-state index contributed by atoms with van der Waals surface area (Å²) >= 11 is 10.4. The van der Waals surface area contributed by atoms with E-state index in [1.807, 2.05) is 12.1 Å². The van der Waals surface area contributed by atoms with Gasteiger partial charge in [0.1, 0.15) is 6.10 Å². The predicted octanol–water partition coefficient (Wildman–Crippen LogP) is 11.9. The Morgan fingerprint density at radius 2 is 1.70 bits per heavy atom. The number of carbonyl (C=O) groups is 1. The molecule has 4 aliphatic carbocycles. The van der Waals surface area contributed by atoms with Gasteiger partial charge in [-0.1, -0.05) is 81.5 Å². The van der Waals surface area contributed by atoms with Crippen LogP contribution in [0.4, 0.5) is 4.79 Å². The van der Waals surface area contributed by atoms with Crippen molar-refractivity contribution >= 4 is 53.9 Å². The number of hydrogen-bond acceptors (Lipinski definition) is 3. The largest absolute Gasteiger partial charge is 0.514 e. The molecule has 3 fully saturated rings. The molecule has 3 saturated carbocycles. The van der Waals surface area contributed by atoms with Gasteiger partial charge in [0.25, 0.3) is 0 Å². The highest BCUT2D eigenvalue weighted by molar-refractivity contribution is 9.11. The first-order valence-electron chi connectivity index (χ1n) is 15.6. The number of allylic oxidation sites excluding steroid dienone is 1. The van der Waals surface area contributed by atoms with E-state index >= 15 is 0 Å². The Morgan fingerprint density at radius 3 is 2.40 bits per heavy atom. The normalized spacial score (nSPS) is 35.8. The lowest BCUT2D eigenvalue weighted by Gasteiger charge is -2.58. The van der Waals surface area contributed by atoms with E-state index in [0.717, 1.165) is 59.2 Å². The van der Waals surface area contributed by atoms with Crippen molar-refractivity contribution in [1.82, 2.24) is 0 Å². The number of ether oxygens (including phenoxy) is 2. The Hall–Kier alpha value is -0.330. The van der Waals surface area contributed by atoms with E-state index in [1.54, 1.807) is 0 Å². The molecule has 0 bridgehead atoms. The zero-order valence-electron chi connectivity index (χ0n) is 24.9. The van der Waals surface area contributed by atoms with Crippen molar-refractivity contribution in [3.8, 4) is 5.75 Å². The summed E-state index contributed by atoms with van der Waals surface area (Å²) in [7, 11) is 0. The first-order valence-corrected chi connectivity index (χ1v) is 18.0. The molecular weight excluding hydrogens is 696 g/mol. The molecule has 1 aromatic carbocycles. The van der Waals surface area contributed by atoms with E-state index in [9.17, 15) is 4.79 Å². The second-order valence-corrected chi connectivity index (χ2v) is 16.9. The third-order valence-electron chi connectivity index (χ3n) is 11.7. The highest BCUT2D eigenvalue weighted by Crippen LogP contribution is 2.67. The highest BCUT2D eigenvalue weighted by atomic mass is 79.9. The SMILES string of the molecule is CC(C)CCCC(C)C1CCC2C3CC=C4C[C@@H](OC(=O)Oc5c(Br)cc(Br)cc5Br)CC[C@]4(C)C3CC[C@]12C. The van der Waals surface area contributed by atoms with Crippen LogP contribution in [0.2, 0.25) is 0 Å². The van der Waals surface area contributed by atoms with Crippen molar-refractivity contribution in [1.29, 1.82) is 0 Å². The molecule has 0 radical (unpaired) electrons. The molecular formula is C34H47Br3O3. The number of hydrogen-bond donors (Lipinski definition) is 0. The Balaban J connectivity index is 1.23. The molecule has 0 heterocycles. The maximum atomic E-state index is 12.8. The molecule has 5 unspecified atom stereocenters. The second kappa shape index (κ2) is 12.3. The van der Waals surface area contributed by atoms with E-state index in [4.69, 9.17) is 9.47 Å². The lowest BCUT2D eigenvalue weighted by Crippen LogP contribution is -2.51. The summed E-state index contributed by atoms with van der Waals surface area (Å²) in [5.74, 6) is 5.46. The lowest BCUT2D eigenvalue weighted by molar-refractivity contribution is -0.0597.